The third kappa shape index (κ3) is 3.31. The zero-order valence-corrected chi connectivity index (χ0v) is 11.9. The van der Waals surface area contributed by atoms with Crippen LogP contribution in [0, 0.1) is 0 Å². The zero-order chi connectivity index (χ0) is 12.4. The lowest BCUT2D eigenvalue weighted by Gasteiger charge is -2.01. The van der Waals surface area contributed by atoms with Gasteiger partial charge in [0.25, 0.3) is 0 Å². The smallest absolute Gasteiger partial charge is 0.119 e. The fraction of sp³-hybridized carbons (Fsp3) is 0.786. The first-order chi connectivity index (χ1) is 8.86. The summed E-state index contributed by atoms with van der Waals surface area (Å²) in [6.45, 7) is 4.69. The Bertz CT molecular complexity index is 396. The Morgan fingerprint density at radius 3 is 2.83 bits per heavy atom. The summed E-state index contributed by atoms with van der Waals surface area (Å²) >= 11 is 1.85. The number of ether oxygens (including phenoxy) is 1. The fourth-order valence-corrected chi connectivity index (χ4v) is 3.15. The van der Waals surface area contributed by atoms with E-state index in [-0.39, 0.29) is 0 Å². The van der Waals surface area contributed by atoms with Crippen molar-refractivity contribution in [3.63, 3.8) is 0 Å². The average Bonchev–Trinajstić information content (AvgIpc) is 3.27. The molecule has 0 bridgehead atoms. The Kier molecular flexibility index (Phi) is 3.97. The molecular formula is C14H22N2OS. The molecule has 1 aromatic heterocycles. The van der Waals surface area contributed by atoms with Crippen LogP contribution in [0.1, 0.15) is 60.5 Å². The van der Waals surface area contributed by atoms with Gasteiger partial charge >= 0.3 is 0 Å². The number of nitrogens with zero attached hydrogens (tertiary/aromatic N) is 1. The van der Waals surface area contributed by atoms with E-state index in [2.05, 4.69) is 12.2 Å². The van der Waals surface area contributed by atoms with Gasteiger partial charge in [0.2, 0.25) is 0 Å². The molecule has 2 fully saturated rings. The maximum atomic E-state index is 5.60. The Morgan fingerprint density at radius 1 is 1.33 bits per heavy atom. The number of hydrogen-bond donors (Lipinski definition) is 1. The van der Waals surface area contributed by atoms with E-state index in [4.69, 9.17) is 9.72 Å². The Morgan fingerprint density at radius 2 is 2.17 bits per heavy atom. The van der Waals surface area contributed by atoms with Gasteiger partial charge in [0.05, 0.1) is 12.3 Å². The molecule has 0 saturated heterocycles. The largest absolute Gasteiger partial charge is 0.374 e. The molecule has 3 nitrogen and oxygen atoms in total. The van der Waals surface area contributed by atoms with Crippen molar-refractivity contribution in [1.29, 1.82) is 0 Å². The maximum absolute atomic E-state index is 5.60. The Labute approximate surface area is 113 Å². The molecule has 3 rings (SSSR count). The van der Waals surface area contributed by atoms with Crippen molar-refractivity contribution in [3.05, 3.63) is 15.6 Å². The number of nitrogens with one attached hydrogen (secondary N) is 1. The van der Waals surface area contributed by atoms with Crippen molar-refractivity contribution in [3.8, 4) is 0 Å². The maximum Gasteiger partial charge on any atom is 0.119 e. The van der Waals surface area contributed by atoms with Crippen molar-refractivity contribution >= 4 is 11.3 Å². The van der Waals surface area contributed by atoms with Gasteiger partial charge in [0.1, 0.15) is 5.01 Å². The van der Waals surface area contributed by atoms with Crippen LogP contribution < -0.4 is 5.32 Å². The van der Waals surface area contributed by atoms with E-state index in [0.717, 1.165) is 36.5 Å². The van der Waals surface area contributed by atoms with Gasteiger partial charge in [-0.05, 0) is 32.1 Å². The van der Waals surface area contributed by atoms with E-state index in [0.29, 0.717) is 6.61 Å². The molecule has 2 aliphatic rings. The van der Waals surface area contributed by atoms with Gasteiger partial charge in [-0.25, -0.2) is 4.98 Å². The summed E-state index contributed by atoms with van der Waals surface area (Å²) in [4.78, 5) is 6.25. The SMILES string of the molecule is CCCOCc1nc(C2CC2)c(CNC2CC2)s1. The van der Waals surface area contributed by atoms with Crippen LogP contribution >= 0.6 is 11.3 Å². The van der Waals surface area contributed by atoms with E-state index < -0.39 is 0 Å². The lowest BCUT2D eigenvalue weighted by Crippen LogP contribution is -2.15. The normalized spacial score (nSPS) is 19.4. The van der Waals surface area contributed by atoms with E-state index in [1.165, 1.54) is 36.3 Å². The minimum atomic E-state index is 0.696. The molecule has 0 amide bonds. The second kappa shape index (κ2) is 5.68. The lowest BCUT2D eigenvalue weighted by molar-refractivity contribution is 0.121. The molecule has 0 aliphatic heterocycles. The molecule has 4 heteroatoms. The Hall–Kier alpha value is -0.450. The highest BCUT2D eigenvalue weighted by Crippen LogP contribution is 2.42. The highest BCUT2D eigenvalue weighted by atomic mass is 32.1. The first kappa shape index (κ1) is 12.6. The minimum Gasteiger partial charge on any atom is -0.374 e. The van der Waals surface area contributed by atoms with Crippen LogP contribution in [-0.2, 0) is 17.9 Å². The molecule has 0 unspecified atom stereocenters. The molecule has 0 atom stereocenters. The van der Waals surface area contributed by atoms with Crippen molar-refractivity contribution in [2.45, 2.75) is 64.1 Å². The highest BCUT2D eigenvalue weighted by Gasteiger charge is 2.30. The monoisotopic (exact) mass is 266 g/mol. The lowest BCUT2D eigenvalue weighted by atomic mass is 10.2. The molecule has 2 saturated carbocycles. The summed E-state index contributed by atoms with van der Waals surface area (Å²) in [5, 5.41) is 4.77. The fourth-order valence-electron chi connectivity index (χ4n) is 2.11. The number of hydrogen-bond acceptors (Lipinski definition) is 4. The van der Waals surface area contributed by atoms with Gasteiger partial charge in [-0.3, -0.25) is 0 Å². The first-order valence-electron chi connectivity index (χ1n) is 7.16. The van der Waals surface area contributed by atoms with Crippen LogP contribution in [0.25, 0.3) is 0 Å². The third-order valence-corrected chi connectivity index (χ3v) is 4.48. The minimum absolute atomic E-state index is 0.696. The van der Waals surface area contributed by atoms with Gasteiger partial charge < -0.3 is 10.1 Å². The third-order valence-electron chi connectivity index (χ3n) is 3.44. The van der Waals surface area contributed by atoms with Crippen molar-refractivity contribution in [2.24, 2.45) is 0 Å². The molecule has 0 spiro atoms. The molecule has 100 valence electrons. The molecule has 0 aromatic carbocycles. The second-order valence-electron chi connectivity index (χ2n) is 5.40. The first-order valence-corrected chi connectivity index (χ1v) is 7.98. The molecule has 0 radical (unpaired) electrons. The number of aromatic nitrogens is 1. The molecule has 1 aromatic rings. The van der Waals surface area contributed by atoms with Crippen LogP contribution in [0.4, 0.5) is 0 Å². The van der Waals surface area contributed by atoms with E-state index in [1.807, 2.05) is 11.3 Å². The standard InChI is InChI=1S/C14H22N2OS/c1-2-7-17-9-13-16-14(10-3-4-10)12(18-13)8-15-11-5-6-11/h10-11,15H,2-9H2,1H3. The van der Waals surface area contributed by atoms with Crippen LogP contribution in [0.2, 0.25) is 0 Å². The number of rotatable bonds is 8. The molecule has 1 heterocycles. The number of thiazole rings is 1. The zero-order valence-electron chi connectivity index (χ0n) is 11.1. The highest BCUT2D eigenvalue weighted by molar-refractivity contribution is 7.11. The predicted octanol–water partition coefficient (Wildman–Crippen LogP) is 3.20. The topological polar surface area (TPSA) is 34.1 Å². The van der Waals surface area contributed by atoms with E-state index in [9.17, 15) is 0 Å². The summed E-state index contributed by atoms with van der Waals surface area (Å²) in [6, 6.07) is 0.777. The van der Waals surface area contributed by atoms with E-state index in [1.54, 1.807) is 0 Å². The van der Waals surface area contributed by atoms with Crippen LogP contribution in [-0.4, -0.2) is 17.6 Å². The molecule has 1 N–H and O–H groups in total. The summed E-state index contributed by atoms with van der Waals surface area (Å²) < 4.78 is 5.60. The molecule has 2 aliphatic carbocycles. The van der Waals surface area contributed by atoms with Gasteiger partial charge in [-0.1, -0.05) is 6.92 Å². The van der Waals surface area contributed by atoms with E-state index >= 15 is 0 Å². The van der Waals surface area contributed by atoms with Gasteiger partial charge in [-0.2, -0.15) is 0 Å². The van der Waals surface area contributed by atoms with Crippen molar-refractivity contribution < 1.29 is 4.74 Å². The van der Waals surface area contributed by atoms with Crippen LogP contribution in [0.5, 0.6) is 0 Å². The Balaban J connectivity index is 1.61. The summed E-state index contributed by atoms with van der Waals surface area (Å²) in [5.74, 6) is 0.747. The molecule has 18 heavy (non-hydrogen) atoms. The van der Waals surface area contributed by atoms with Gasteiger partial charge in [0.15, 0.2) is 0 Å². The van der Waals surface area contributed by atoms with Gasteiger partial charge in [0, 0.05) is 30.0 Å². The summed E-state index contributed by atoms with van der Waals surface area (Å²) in [5.41, 5.74) is 1.36. The quantitative estimate of drug-likeness (QED) is 0.734. The van der Waals surface area contributed by atoms with Crippen molar-refractivity contribution in [2.75, 3.05) is 6.61 Å². The molecular weight excluding hydrogens is 244 g/mol. The summed E-state index contributed by atoms with van der Waals surface area (Å²) in [6.07, 6.45) is 6.44. The average molecular weight is 266 g/mol. The summed E-state index contributed by atoms with van der Waals surface area (Å²) in [7, 11) is 0. The van der Waals surface area contributed by atoms with Gasteiger partial charge in [-0.15, -0.1) is 11.3 Å². The van der Waals surface area contributed by atoms with Crippen LogP contribution in [0.15, 0.2) is 0 Å². The van der Waals surface area contributed by atoms with Crippen LogP contribution in [0.3, 0.4) is 0 Å². The van der Waals surface area contributed by atoms with Crippen molar-refractivity contribution in [1.82, 2.24) is 10.3 Å². The second-order valence-corrected chi connectivity index (χ2v) is 6.57. The predicted molar refractivity (Wildman–Crippen MR) is 73.9 cm³/mol.